The molecule has 1 aliphatic rings. The molecule has 0 unspecified atom stereocenters. The Morgan fingerprint density at radius 1 is 1.44 bits per heavy atom. The number of thiophene rings is 1. The second-order valence-corrected chi connectivity index (χ2v) is 6.28. The van der Waals surface area contributed by atoms with Crippen molar-refractivity contribution in [3.63, 3.8) is 0 Å². The average Bonchev–Trinajstić information content (AvgIpc) is 2.82. The van der Waals surface area contributed by atoms with Gasteiger partial charge in [0.15, 0.2) is 0 Å². The Bertz CT molecular complexity index is 422. The molecule has 1 amide bonds. The summed E-state index contributed by atoms with van der Waals surface area (Å²) in [4.78, 5) is 13.6. The van der Waals surface area contributed by atoms with Gasteiger partial charge in [0, 0.05) is 4.88 Å². The number of hydrogen-bond donors (Lipinski definition) is 2. The van der Waals surface area contributed by atoms with E-state index in [1.54, 1.807) is 11.3 Å². The number of amides is 1. The maximum atomic E-state index is 12.1. The number of thiocarbonyl (C=S) groups is 1. The van der Waals surface area contributed by atoms with Crippen molar-refractivity contribution >= 4 is 34.5 Å². The minimum atomic E-state index is -0.443. The zero-order valence-electron chi connectivity index (χ0n) is 10.3. The van der Waals surface area contributed by atoms with Crippen molar-refractivity contribution in [1.29, 1.82) is 0 Å². The first-order chi connectivity index (χ1) is 8.62. The van der Waals surface area contributed by atoms with Gasteiger partial charge in [-0.3, -0.25) is 4.79 Å². The molecule has 1 aromatic heterocycles. The van der Waals surface area contributed by atoms with Gasteiger partial charge >= 0.3 is 0 Å². The molecule has 3 nitrogen and oxygen atoms in total. The third-order valence-corrected chi connectivity index (χ3v) is 4.74. The quantitative estimate of drug-likeness (QED) is 0.834. The van der Waals surface area contributed by atoms with Crippen molar-refractivity contribution in [1.82, 2.24) is 5.32 Å². The minimum Gasteiger partial charge on any atom is -0.391 e. The first-order valence-electron chi connectivity index (χ1n) is 6.26. The molecule has 1 fully saturated rings. The zero-order valence-corrected chi connectivity index (χ0v) is 11.9. The van der Waals surface area contributed by atoms with Crippen LogP contribution in [0.1, 0.15) is 37.0 Å². The molecule has 0 atom stereocenters. The van der Waals surface area contributed by atoms with Crippen molar-refractivity contribution in [2.45, 2.75) is 44.1 Å². The predicted molar refractivity (Wildman–Crippen MR) is 78.8 cm³/mol. The van der Waals surface area contributed by atoms with E-state index in [0.717, 1.165) is 30.6 Å². The summed E-state index contributed by atoms with van der Waals surface area (Å²) in [6.45, 7) is 0. The number of rotatable bonds is 4. The number of carbonyl (C=O) groups is 1. The van der Waals surface area contributed by atoms with Gasteiger partial charge in [-0.2, -0.15) is 0 Å². The number of nitrogens with two attached hydrogens (primary N) is 1. The van der Waals surface area contributed by atoms with Crippen molar-refractivity contribution in [3.05, 3.63) is 22.4 Å². The Kier molecular flexibility index (Phi) is 4.35. The molecule has 2 rings (SSSR count). The fourth-order valence-electron chi connectivity index (χ4n) is 2.47. The van der Waals surface area contributed by atoms with E-state index < -0.39 is 5.54 Å². The highest BCUT2D eigenvalue weighted by Gasteiger charge is 2.36. The molecular formula is C13H18N2OS2. The van der Waals surface area contributed by atoms with Crippen LogP contribution in [0.3, 0.4) is 0 Å². The van der Waals surface area contributed by atoms with E-state index in [1.807, 2.05) is 17.5 Å². The van der Waals surface area contributed by atoms with E-state index in [-0.39, 0.29) is 5.91 Å². The summed E-state index contributed by atoms with van der Waals surface area (Å²) in [6.07, 6.45) is 5.53. The molecule has 18 heavy (non-hydrogen) atoms. The molecule has 1 heterocycles. The van der Waals surface area contributed by atoms with Crippen molar-refractivity contribution in [2.75, 3.05) is 0 Å². The van der Waals surface area contributed by atoms with E-state index in [1.165, 1.54) is 6.42 Å². The normalized spacial score (nSPS) is 18.2. The molecule has 5 heteroatoms. The average molecular weight is 282 g/mol. The summed E-state index contributed by atoms with van der Waals surface area (Å²) >= 11 is 6.76. The van der Waals surface area contributed by atoms with Crippen molar-refractivity contribution < 1.29 is 4.79 Å². The smallest absolute Gasteiger partial charge is 0.226 e. The molecule has 0 aliphatic heterocycles. The maximum Gasteiger partial charge on any atom is 0.226 e. The molecule has 0 saturated heterocycles. The Morgan fingerprint density at radius 3 is 2.72 bits per heavy atom. The van der Waals surface area contributed by atoms with Crippen LogP contribution in [0, 0.1) is 0 Å². The molecule has 0 bridgehead atoms. The second-order valence-electron chi connectivity index (χ2n) is 4.81. The Hall–Kier alpha value is -0.940. The zero-order chi connectivity index (χ0) is 13.0. The number of carbonyl (C=O) groups excluding carboxylic acids is 1. The van der Waals surface area contributed by atoms with Gasteiger partial charge in [0.25, 0.3) is 0 Å². The van der Waals surface area contributed by atoms with Crippen molar-refractivity contribution in [3.8, 4) is 0 Å². The van der Waals surface area contributed by atoms with Gasteiger partial charge in [0.1, 0.15) is 0 Å². The largest absolute Gasteiger partial charge is 0.391 e. The summed E-state index contributed by atoms with van der Waals surface area (Å²) in [5.74, 6) is 0.0205. The standard InChI is InChI=1S/C13H18N2OS2/c14-12(17)13(6-2-1-3-7-13)15-11(16)9-10-5-4-8-18-10/h4-5,8H,1-3,6-7,9H2,(H2,14,17)(H,15,16). The van der Waals surface area contributed by atoms with Crippen LogP contribution < -0.4 is 11.1 Å². The van der Waals surface area contributed by atoms with Gasteiger partial charge in [-0.05, 0) is 24.3 Å². The fourth-order valence-corrected chi connectivity index (χ4v) is 3.43. The lowest BCUT2D eigenvalue weighted by Crippen LogP contribution is -2.58. The van der Waals surface area contributed by atoms with Gasteiger partial charge < -0.3 is 11.1 Å². The Balaban J connectivity index is 2.00. The van der Waals surface area contributed by atoms with Crippen LogP contribution >= 0.6 is 23.6 Å². The highest BCUT2D eigenvalue weighted by atomic mass is 32.1. The van der Waals surface area contributed by atoms with Crippen molar-refractivity contribution in [2.24, 2.45) is 5.73 Å². The molecule has 3 N–H and O–H groups in total. The minimum absolute atomic E-state index is 0.0205. The fraction of sp³-hybridized carbons (Fsp3) is 0.538. The molecule has 0 spiro atoms. The third kappa shape index (κ3) is 3.09. The monoisotopic (exact) mass is 282 g/mol. The highest BCUT2D eigenvalue weighted by Crippen LogP contribution is 2.28. The number of nitrogens with one attached hydrogen (secondary N) is 1. The lowest BCUT2D eigenvalue weighted by atomic mass is 9.81. The van der Waals surface area contributed by atoms with E-state index in [4.69, 9.17) is 18.0 Å². The lowest BCUT2D eigenvalue weighted by molar-refractivity contribution is -0.121. The molecule has 98 valence electrons. The highest BCUT2D eigenvalue weighted by molar-refractivity contribution is 7.80. The van der Waals surface area contributed by atoms with E-state index in [0.29, 0.717) is 11.4 Å². The Labute approximate surface area is 117 Å². The van der Waals surface area contributed by atoms with Crippen LogP contribution in [0.15, 0.2) is 17.5 Å². The summed E-state index contributed by atoms with van der Waals surface area (Å²) in [6, 6.07) is 3.93. The Morgan fingerprint density at radius 2 is 2.17 bits per heavy atom. The first kappa shape index (κ1) is 13.5. The van der Waals surface area contributed by atoms with Crippen LogP contribution in [0.2, 0.25) is 0 Å². The van der Waals surface area contributed by atoms with Crippen LogP contribution in [-0.4, -0.2) is 16.4 Å². The van der Waals surface area contributed by atoms with Crippen LogP contribution in [-0.2, 0) is 11.2 Å². The maximum absolute atomic E-state index is 12.1. The SMILES string of the molecule is NC(=S)C1(NC(=O)Cc2cccs2)CCCCC1. The van der Waals surface area contributed by atoms with Gasteiger partial charge in [0.2, 0.25) is 5.91 Å². The second kappa shape index (κ2) is 5.80. The van der Waals surface area contributed by atoms with Crippen LogP contribution in [0.25, 0.3) is 0 Å². The molecule has 1 aliphatic carbocycles. The van der Waals surface area contributed by atoms with E-state index >= 15 is 0 Å². The molecular weight excluding hydrogens is 264 g/mol. The molecule has 1 saturated carbocycles. The number of hydrogen-bond acceptors (Lipinski definition) is 3. The van der Waals surface area contributed by atoms with E-state index in [2.05, 4.69) is 5.32 Å². The van der Waals surface area contributed by atoms with Crippen LogP contribution in [0.4, 0.5) is 0 Å². The van der Waals surface area contributed by atoms with Crippen LogP contribution in [0.5, 0.6) is 0 Å². The van der Waals surface area contributed by atoms with Gasteiger partial charge in [-0.1, -0.05) is 37.5 Å². The first-order valence-corrected chi connectivity index (χ1v) is 7.54. The summed E-state index contributed by atoms with van der Waals surface area (Å²) in [7, 11) is 0. The van der Waals surface area contributed by atoms with Gasteiger partial charge in [0.05, 0.1) is 16.9 Å². The predicted octanol–water partition coefficient (Wildman–Crippen LogP) is 2.40. The van der Waals surface area contributed by atoms with Gasteiger partial charge in [-0.25, -0.2) is 0 Å². The third-order valence-electron chi connectivity index (χ3n) is 3.47. The summed E-state index contributed by atoms with van der Waals surface area (Å²) in [5, 5.41) is 5.05. The van der Waals surface area contributed by atoms with E-state index in [9.17, 15) is 4.79 Å². The molecule has 0 radical (unpaired) electrons. The summed E-state index contributed by atoms with van der Waals surface area (Å²) < 4.78 is 0. The lowest BCUT2D eigenvalue weighted by Gasteiger charge is -2.37. The molecule has 1 aromatic rings. The van der Waals surface area contributed by atoms with Gasteiger partial charge in [-0.15, -0.1) is 11.3 Å². The summed E-state index contributed by atoms with van der Waals surface area (Å²) in [5.41, 5.74) is 5.40. The topological polar surface area (TPSA) is 55.1 Å². The molecule has 0 aromatic carbocycles.